The van der Waals surface area contributed by atoms with Crippen molar-refractivity contribution in [1.29, 1.82) is 0 Å². The topological polar surface area (TPSA) is 42.0 Å². The van der Waals surface area contributed by atoms with Crippen molar-refractivity contribution >= 4 is 17.2 Å². The van der Waals surface area contributed by atoms with E-state index in [0.29, 0.717) is 12.3 Å². The summed E-state index contributed by atoms with van der Waals surface area (Å²) in [6.45, 7) is 1.95. The van der Waals surface area contributed by atoms with Crippen molar-refractivity contribution in [3.05, 3.63) is 51.7 Å². The summed E-state index contributed by atoms with van der Waals surface area (Å²) in [5, 5.41) is 6.10. The zero-order chi connectivity index (χ0) is 16.2. The SMILES string of the molecule is Cc1nc(CC(=O)N[C@@H]2CCC[C@@H]2Cc2ccc(F)cc2)cs1. The minimum atomic E-state index is -0.205. The summed E-state index contributed by atoms with van der Waals surface area (Å²) in [6.07, 6.45) is 4.50. The molecule has 0 aliphatic heterocycles. The Bertz CT molecular complexity index is 668. The van der Waals surface area contributed by atoms with Crippen molar-refractivity contribution in [3.8, 4) is 0 Å². The van der Waals surface area contributed by atoms with E-state index in [9.17, 15) is 9.18 Å². The number of thiazole rings is 1. The highest BCUT2D eigenvalue weighted by Gasteiger charge is 2.28. The predicted molar refractivity (Wildman–Crippen MR) is 89.9 cm³/mol. The number of nitrogens with one attached hydrogen (secondary N) is 1. The van der Waals surface area contributed by atoms with Crippen LogP contribution in [-0.2, 0) is 17.6 Å². The third kappa shape index (κ3) is 4.38. The molecule has 0 spiro atoms. The molecule has 1 aromatic heterocycles. The second-order valence-corrected chi connectivity index (χ2v) is 7.29. The van der Waals surface area contributed by atoms with E-state index in [2.05, 4.69) is 10.3 Å². The van der Waals surface area contributed by atoms with Gasteiger partial charge in [-0.2, -0.15) is 0 Å². The first-order valence-corrected chi connectivity index (χ1v) is 8.93. The maximum absolute atomic E-state index is 13.0. The Hall–Kier alpha value is -1.75. The molecule has 1 amide bonds. The van der Waals surface area contributed by atoms with Crippen LogP contribution in [0.5, 0.6) is 0 Å². The third-order valence-corrected chi connectivity index (χ3v) is 5.25. The molecule has 1 aliphatic rings. The molecule has 1 fully saturated rings. The number of rotatable bonds is 5. The first-order chi connectivity index (χ1) is 11.1. The van der Waals surface area contributed by atoms with Crippen LogP contribution in [0, 0.1) is 18.7 Å². The Morgan fingerprint density at radius 2 is 2.13 bits per heavy atom. The van der Waals surface area contributed by atoms with E-state index in [4.69, 9.17) is 0 Å². The largest absolute Gasteiger partial charge is 0.353 e. The first kappa shape index (κ1) is 16.1. The first-order valence-electron chi connectivity index (χ1n) is 8.05. The fourth-order valence-corrected chi connectivity index (χ4v) is 3.92. The molecule has 5 heteroatoms. The molecule has 0 bridgehead atoms. The van der Waals surface area contributed by atoms with E-state index in [1.54, 1.807) is 11.3 Å². The second kappa shape index (κ2) is 7.21. The molecule has 3 nitrogen and oxygen atoms in total. The molecule has 0 radical (unpaired) electrons. The van der Waals surface area contributed by atoms with Gasteiger partial charge in [0.1, 0.15) is 5.82 Å². The van der Waals surface area contributed by atoms with Gasteiger partial charge in [0.2, 0.25) is 5.91 Å². The Balaban J connectivity index is 1.56. The van der Waals surface area contributed by atoms with Gasteiger partial charge in [-0.25, -0.2) is 9.37 Å². The van der Waals surface area contributed by atoms with Gasteiger partial charge in [-0.3, -0.25) is 4.79 Å². The number of hydrogen-bond donors (Lipinski definition) is 1. The average molecular weight is 332 g/mol. The van der Waals surface area contributed by atoms with Crippen LogP contribution in [0.1, 0.15) is 35.5 Å². The summed E-state index contributed by atoms with van der Waals surface area (Å²) in [5.41, 5.74) is 1.98. The number of aromatic nitrogens is 1. The monoisotopic (exact) mass is 332 g/mol. The summed E-state index contributed by atoms with van der Waals surface area (Å²) in [4.78, 5) is 16.6. The molecule has 1 N–H and O–H groups in total. The summed E-state index contributed by atoms with van der Waals surface area (Å²) >= 11 is 1.57. The van der Waals surface area contributed by atoms with Gasteiger partial charge in [0, 0.05) is 11.4 Å². The highest BCUT2D eigenvalue weighted by Crippen LogP contribution is 2.29. The molecule has 3 rings (SSSR count). The van der Waals surface area contributed by atoms with Crippen LogP contribution < -0.4 is 5.32 Å². The number of hydrogen-bond acceptors (Lipinski definition) is 3. The van der Waals surface area contributed by atoms with Crippen molar-refractivity contribution in [1.82, 2.24) is 10.3 Å². The van der Waals surface area contributed by atoms with Gasteiger partial charge in [-0.05, 0) is 49.8 Å². The molecular weight excluding hydrogens is 311 g/mol. The second-order valence-electron chi connectivity index (χ2n) is 6.23. The number of aryl methyl sites for hydroxylation is 1. The fourth-order valence-electron chi connectivity index (χ4n) is 3.31. The van der Waals surface area contributed by atoms with Crippen molar-refractivity contribution in [2.24, 2.45) is 5.92 Å². The lowest BCUT2D eigenvalue weighted by Gasteiger charge is -2.21. The molecule has 1 heterocycles. The molecular formula is C18H21FN2OS. The van der Waals surface area contributed by atoms with E-state index in [1.807, 2.05) is 24.4 Å². The number of halogens is 1. The van der Waals surface area contributed by atoms with Gasteiger partial charge in [0.15, 0.2) is 0 Å². The normalized spacial score (nSPS) is 20.6. The van der Waals surface area contributed by atoms with Crippen molar-refractivity contribution < 1.29 is 9.18 Å². The molecule has 1 saturated carbocycles. The lowest BCUT2D eigenvalue weighted by atomic mass is 9.94. The van der Waals surface area contributed by atoms with Crippen LogP contribution in [0.2, 0.25) is 0 Å². The smallest absolute Gasteiger partial charge is 0.226 e. The van der Waals surface area contributed by atoms with Crippen LogP contribution in [0.25, 0.3) is 0 Å². The van der Waals surface area contributed by atoms with Crippen LogP contribution in [0.4, 0.5) is 4.39 Å². The Labute approximate surface area is 140 Å². The van der Waals surface area contributed by atoms with Gasteiger partial charge in [-0.1, -0.05) is 18.6 Å². The van der Waals surface area contributed by atoms with Crippen LogP contribution in [0.15, 0.2) is 29.6 Å². The van der Waals surface area contributed by atoms with Crippen molar-refractivity contribution in [2.45, 2.75) is 45.1 Å². The maximum Gasteiger partial charge on any atom is 0.226 e. The number of carbonyl (C=O) groups is 1. The molecule has 2 aromatic rings. The van der Waals surface area contributed by atoms with Gasteiger partial charge in [0.25, 0.3) is 0 Å². The van der Waals surface area contributed by atoms with Crippen LogP contribution in [0.3, 0.4) is 0 Å². The van der Waals surface area contributed by atoms with E-state index >= 15 is 0 Å². The minimum Gasteiger partial charge on any atom is -0.353 e. The quantitative estimate of drug-likeness (QED) is 0.908. The Kier molecular flexibility index (Phi) is 5.06. The van der Waals surface area contributed by atoms with E-state index in [-0.39, 0.29) is 17.8 Å². The zero-order valence-corrected chi connectivity index (χ0v) is 14.0. The van der Waals surface area contributed by atoms with E-state index in [0.717, 1.165) is 41.9 Å². The average Bonchev–Trinajstić information content (AvgIpc) is 3.11. The number of benzene rings is 1. The number of carbonyl (C=O) groups excluding carboxylic acids is 1. The molecule has 1 aliphatic carbocycles. The number of nitrogens with zero attached hydrogens (tertiary/aromatic N) is 1. The van der Waals surface area contributed by atoms with E-state index in [1.165, 1.54) is 12.1 Å². The molecule has 0 saturated heterocycles. The third-order valence-electron chi connectivity index (χ3n) is 4.42. The number of amides is 1. The lowest BCUT2D eigenvalue weighted by molar-refractivity contribution is -0.121. The summed E-state index contributed by atoms with van der Waals surface area (Å²) in [5.74, 6) is 0.275. The molecule has 1 aromatic carbocycles. The zero-order valence-electron chi connectivity index (χ0n) is 13.2. The van der Waals surface area contributed by atoms with Crippen molar-refractivity contribution in [2.75, 3.05) is 0 Å². The highest BCUT2D eigenvalue weighted by molar-refractivity contribution is 7.09. The summed E-state index contributed by atoms with van der Waals surface area (Å²) < 4.78 is 13.0. The van der Waals surface area contributed by atoms with Crippen LogP contribution >= 0.6 is 11.3 Å². The highest BCUT2D eigenvalue weighted by atomic mass is 32.1. The summed E-state index contributed by atoms with van der Waals surface area (Å²) in [7, 11) is 0. The molecule has 2 atom stereocenters. The van der Waals surface area contributed by atoms with Crippen molar-refractivity contribution in [3.63, 3.8) is 0 Å². The maximum atomic E-state index is 13.0. The van der Waals surface area contributed by atoms with Crippen LogP contribution in [-0.4, -0.2) is 16.9 Å². The summed E-state index contributed by atoms with van der Waals surface area (Å²) in [6, 6.07) is 6.90. The van der Waals surface area contributed by atoms with Gasteiger partial charge >= 0.3 is 0 Å². The van der Waals surface area contributed by atoms with E-state index < -0.39 is 0 Å². The Morgan fingerprint density at radius 3 is 2.83 bits per heavy atom. The molecule has 23 heavy (non-hydrogen) atoms. The minimum absolute atomic E-state index is 0.0475. The molecule has 0 unspecified atom stereocenters. The standard InChI is InChI=1S/C18H21FN2OS/c1-12-20-16(11-23-12)10-18(22)21-17-4-2-3-14(17)9-13-5-7-15(19)8-6-13/h5-8,11,14,17H,2-4,9-10H2,1H3,(H,21,22)/t14-,17-/m1/s1. The Morgan fingerprint density at radius 1 is 1.35 bits per heavy atom. The van der Waals surface area contributed by atoms with Gasteiger partial charge in [-0.15, -0.1) is 11.3 Å². The molecule has 122 valence electrons. The lowest BCUT2D eigenvalue weighted by Crippen LogP contribution is -2.39. The predicted octanol–water partition coefficient (Wildman–Crippen LogP) is 3.66. The van der Waals surface area contributed by atoms with Gasteiger partial charge in [0.05, 0.1) is 17.1 Å². The fraction of sp³-hybridized carbons (Fsp3) is 0.444. The van der Waals surface area contributed by atoms with Gasteiger partial charge < -0.3 is 5.32 Å².